The lowest BCUT2D eigenvalue weighted by atomic mass is 10.2. The molecular weight excluding hydrogens is 341 g/mol. The zero-order valence-corrected chi connectivity index (χ0v) is 13.4. The highest BCUT2D eigenvalue weighted by Gasteiger charge is 2.14. The van der Waals surface area contributed by atoms with Crippen molar-refractivity contribution in [2.24, 2.45) is 5.73 Å². The fraction of sp³-hybridized carbons (Fsp3) is 0.462. The van der Waals surface area contributed by atoms with Crippen LogP contribution in [0.4, 0.5) is 8.78 Å². The lowest BCUT2D eigenvalue weighted by Crippen LogP contribution is -2.32. The third-order valence-electron chi connectivity index (χ3n) is 2.72. The lowest BCUT2D eigenvalue weighted by Gasteiger charge is -2.14. The average Bonchev–Trinajstić information content (AvgIpc) is 2.44. The van der Waals surface area contributed by atoms with Crippen LogP contribution in [0, 0.1) is 0 Å². The summed E-state index contributed by atoms with van der Waals surface area (Å²) in [5.41, 5.74) is 5.77. The predicted molar refractivity (Wildman–Crippen MR) is 81.6 cm³/mol. The number of carbonyl (C=O) groups is 1. The second-order valence-corrected chi connectivity index (χ2v) is 4.64. The van der Waals surface area contributed by atoms with Crippen LogP contribution < -0.4 is 15.8 Å². The SMILES string of the molecule is COC(CN)CC(=O)NCc1cc(Cl)ccc1OC(F)F.Cl. The molecule has 3 N–H and O–H groups in total. The zero-order chi connectivity index (χ0) is 15.8. The summed E-state index contributed by atoms with van der Waals surface area (Å²) in [6.07, 6.45) is -0.306. The smallest absolute Gasteiger partial charge is 0.387 e. The van der Waals surface area contributed by atoms with Crippen molar-refractivity contribution >= 4 is 29.9 Å². The Morgan fingerprint density at radius 3 is 2.68 bits per heavy atom. The first-order valence-electron chi connectivity index (χ1n) is 6.19. The molecule has 1 aromatic rings. The van der Waals surface area contributed by atoms with Gasteiger partial charge in [-0.2, -0.15) is 8.78 Å². The minimum Gasteiger partial charge on any atom is -0.434 e. The van der Waals surface area contributed by atoms with E-state index >= 15 is 0 Å². The van der Waals surface area contributed by atoms with Crippen LogP contribution in [-0.4, -0.2) is 32.3 Å². The highest BCUT2D eigenvalue weighted by Crippen LogP contribution is 2.24. The molecule has 0 spiro atoms. The molecule has 5 nitrogen and oxygen atoms in total. The van der Waals surface area contributed by atoms with Crippen molar-refractivity contribution in [3.8, 4) is 5.75 Å². The number of hydrogen-bond acceptors (Lipinski definition) is 4. The molecule has 0 aliphatic carbocycles. The summed E-state index contributed by atoms with van der Waals surface area (Å²) in [6.45, 7) is -2.72. The summed E-state index contributed by atoms with van der Waals surface area (Å²) >= 11 is 5.81. The van der Waals surface area contributed by atoms with Gasteiger partial charge in [-0.05, 0) is 18.2 Å². The van der Waals surface area contributed by atoms with E-state index in [4.69, 9.17) is 22.1 Å². The maximum atomic E-state index is 12.3. The Morgan fingerprint density at radius 2 is 2.14 bits per heavy atom. The summed E-state index contributed by atoms with van der Waals surface area (Å²) in [5, 5.41) is 2.94. The van der Waals surface area contributed by atoms with Gasteiger partial charge >= 0.3 is 6.61 Å². The largest absolute Gasteiger partial charge is 0.434 e. The Kier molecular flexibility index (Phi) is 10.0. The van der Waals surface area contributed by atoms with Gasteiger partial charge in [0.05, 0.1) is 12.5 Å². The molecule has 0 radical (unpaired) electrons. The summed E-state index contributed by atoms with van der Waals surface area (Å²) < 4.78 is 33.9. The molecule has 0 bridgehead atoms. The molecule has 0 fully saturated rings. The molecule has 0 heterocycles. The fourth-order valence-corrected chi connectivity index (χ4v) is 1.83. The molecule has 9 heteroatoms. The number of hydrogen-bond donors (Lipinski definition) is 2. The molecule has 1 aromatic carbocycles. The van der Waals surface area contributed by atoms with E-state index in [0.717, 1.165) is 0 Å². The van der Waals surface area contributed by atoms with Crippen LogP contribution in [0.3, 0.4) is 0 Å². The second-order valence-electron chi connectivity index (χ2n) is 4.20. The van der Waals surface area contributed by atoms with E-state index in [0.29, 0.717) is 10.6 Å². The molecular formula is C13H18Cl2F2N2O3. The van der Waals surface area contributed by atoms with E-state index in [-0.39, 0.29) is 49.7 Å². The first-order valence-corrected chi connectivity index (χ1v) is 6.56. The standard InChI is InChI=1S/C13H17ClF2N2O3.ClH/c1-20-10(6-17)5-12(19)18-7-8-4-9(14)2-3-11(8)21-13(15)16;/h2-4,10,13H,5-7,17H2,1H3,(H,18,19);1H. The van der Waals surface area contributed by atoms with Crippen LogP contribution in [0.15, 0.2) is 18.2 Å². The summed E-state index contributed by atoms with van der Waals surface area (Å²) in [4.78, 5) is 11.7. The number of methoxy groups -OCH3 is 1. The first kappa shape index (κ1) is 20.9. The van der Waals surface area contributed by atoms with E-state index in [2.05, 4.69) is 10.1 Å². The van der Waals surface area contributed by atoms with Crippen molar-refractivity contribution in [1.29, 1.82) is 0 Å². The van der Waals surface area contributed by atoms with Crippen LogP contribution in [-0.2, 0) is 16.1 Å². The Bertz CT molecular complexity index is 475. The first-order chi connectivity index (χ1) is 9.96. The Morgan fingerprint density at radius 1 is 1.45 bits per heavy atom. The van der Waals surface area contributed by atoms with Crippen molar-refractivity contribution < 1.29 is 23.0 Å². The van der Waals surface area contributed by atoms with Crippen molar-refractivity contribution in [3.63, 3.8) is 0 Å². The maximum absolute atomic E-state index is 12.3. The molecule has 0 saturated heterocycles. The van der Waals surface area contributed by atoms with Gasteiger partial charge in [0.1, 0.15) is 5.75 Å². The minimum absolute atomic E-state index is 0. The molecule has 126 valence electrons. The maximum Gasteiger partial charge on any atom is 0.387 e. The third kappa shape index (κ3) is 7.22. The quantitative estimate of drug-likeness (QED) is 0.747. The van der Waals surface area contributed by atoms with Gasteiger partial charge < -0.3 is 20.5 Å². The molecule has 1 rings (SSSR count). The van der Waals surface area contributed by atoms with Gasteiger partial charge in [0, 0.05) is 30.8 Å². The van der Waals surface area contributed by atoms with E-state index in [1.165, 1.54) is 25.3 Å². The van der Waals surface area contributed by atoms with E-state index in [9.17, 15) is 13.6 Å². The predicted octanol–water partition coefficient (Wildman–Crippen LogP) is 2.34. The Hall–Kier alpha value is -1.15. The highest BCUT2D eigenvalue weighted by atomic mass is 35.5. The fourth-order valence-electron chi connectivity index (χ4n) is 1.63. The number of halogens is 4. The molecule has 1 amide bonds. The number of carbonyl (C=O) groups excluding carboxylic acids is 1. The van der Waals surface area contributed by atoms with E-state index in [1.54, 1.807) is 0 Å². The van der Waals surface area contributed by atoms with Crippen molar-refractivity contribution in [3.05, 3.63) is 28.8 Å². The third-order valence-corrected chi connectivity index (χ3v) is 2.96. The van der Waals surface area contributed by atoms with Gasteiger partial charge in [-0.25, -0.2) is 0 Å². The van der Waals surface area contributed by atoms with Crippen LogP contribution >= 0.6 is 24.0 Å². The number of alkyl halides is 2. The lowest BCUT2D eigenvalue weighted by molar-refractivity contribution is -0.123. The average molecular weight is 359 g/mol. The molecule has 1 atom stereocenters. The van der Waals surface area contributed by atoms with Gasteiger partial charge in [-0.15, -0.1) is 12.4 Å². The number of nitrogens with one attached hydrogen (secondary N) is 1. The van der Waals surface area contributed by atoms with Gasteiger partial charge in [0.2, 0.25) is 5.91 Å². The van der Waals surface area contributed by atoms with Crippen LogP contribution in [0.5, 0.6) is 5.75 Å². The molecule has 0 aliphatic rings. The molecule has 0 aliphatic heterocycles. The number of rotatable bonds is 8. The van der Waals surface area contributed by atoms with Crippen LogP contribution in [0.1, 0.15) is 12.0 Å². The molecule has 1 unspecified atom stereocenters. The Labute approximate surface area is 138 Å². The van der Waals surface area contributed by atoms with Gasteiger partial charge in [0.25, 0.3) is 0 Å². The van der Waals surface area contributed by atoms with Gasteiger partial charge in [-0.1, -0.05) is 11.6 Å². The zero-order valence-electron chi connectivity index (χ0n) is 11.9. The number of benzene rings is 1. The summed E-state index contributed by atoms with van der Waals surface area (Å²) in [7, 11) is 1.45. The van der Waals surface area contributed by atoms with Crippen molar-refractivity contribution in [1.82, 2.24) is 5.32 Å². The van der Waals surface area contributed by atoms with Crippen LogP contribution in [0.25, 0.3) is 0 Å². The highest BCUT2D eigenvalue weighted by molar-refractivity contribution is 6.30. The monoisotopic (exact) mass is 358 g/mol. The van der Waals surface area contributed by atoms with E-state index in [1.807, 2.05) is 0 Å². The van der Waals surface area contributed by atoms with Crippen molar-refractivity contribution in [2.45, 2.75) is 25.7 Å². The number of nitrogens with two attached hydrogens (primary N) is 1. The number of ether oxygens (including phenoxy) is 2. The molecule has 0 aromatic heterocycles. The normalized spacial score (nSPS) is 11.7. The molecule has 22 heavy (non-hydrogen) atoms. The Balaban J connectivity index is 0.00000441. The van der Waals surface area contributed by atoms with E-state index < -0.39 is 6.61 Å². The number of amides is 1. The summed E-state index contributed by atoms with van der Waals surface area (Å²) in [6, 6.07) is 4.21. The van der Waals surface area contributed by atoms with Crippen molar-refractivity contribution in [2.75, 3.05) is 13.7 Å². The van der Waals surface area contributed by atoms with Gasteiger partial charge in [0.15, 0.2) is 0 Å². The van der Waals surface area contributed by atoms with Crippen LogP contribution in [0.2, 0.25) is 5.02 Å². The second kappa shape index (κ2) is 10.6. The summed E-state index contributed by atoms with van der Waals surface area (Å²) in [5.74, 6) is -0.341. The topological polar surface area (TPSA) is 73.6 Å². The minimum atomic E-state index is -2.95. The van der Waals surface area contributed by atoms with Gasteiger partial charge in [-0.3, -0.25) is 4.79 Å². The molecule has 0 saturated carbocycles.